The Bertz CT molecular complexity index is 679. The lowest BCUT2D eigenvalue weighted by Crippen LogP contribution is -2.19. The summed E-state index contributed by atoms with van der Waals surface area (Å²) in [4.78, 5) is 0. The highest BCUT2D eigenvalue weighted by atomic mass is 79.9. The standard InChI is InChI=1S/C18H17BrO2/c19-14-6-7-17-15(9-14)16(20)10-18(21-17)13-3-1-2-12(8-13)11-4-5-11/h1-3,6-9,11,16,18,20H,4-5,10H2/t16-,18?/m0/s1. The van der Waals surface area contributed by atoms with Crippen LogP contribution in [-0.2, 0) is 0 Å². The molecule has 108 valence electrons. The first-order valence-corrected chi connectivity index (χ1v) is 8.24. The summed E-state index contributed by atoms with van der Waals surface area (Å²) in [6.07, 6.45) is 2.67. The molecule has 1 fully saturated rings. The van der Waals surface area contributed by atoms with Crippen LogP contribution in [0.15, 0.2) is 46.9 Å². The molecule has 1 saturated carbocycles. The molecule has 2 aromatic carbocycles. The molecule has 1 aliphatic carbocycles. The van der Waals surface area contributed by atoms with E-state index in [1.807, 2.05) is 18.2 Å². The van der Waals surface area contributed by atoms with E-state index in [4.69, 9.17) is 4.74 Å². The third kappa shape index (κ3) is 2.60. The monoisotopic (exact) mass is 344 g/mol. The third-order valence-electron chi connectivity index (χ3n) is 4.37. The highest BCUT2D eigenvalue weighted by Gasteiger charge is 2.29. The largest absolute Gasteiger partial charge is 0.485 e. The van der Waals surface area contributed by atoms with Crippen LogP contribution >= 0.6 is 15.9 Å². The maximum atomic E-state index is 10.4. The molecular formula is C18H17BrO2. The van der Waals surface area contributed by atoms with E-state index in [9.17, 15) is 5.11 Å². The Kier molecular flexibility index (Phi) is 3.27. The van der Waals surface area contributed by atoms with Crippen molar-refractivity contribution in [1.29, 1.82) is 0 Å². The number of ether oxygens (including phenoxy) is 1. The van der Waals surface area contributed by atoms with Crippen molar-refractivity contribution in [3.8, 4) is 5.75 Å². The molecule has 21 heavy (non-hydrogen) atoms. The number of fused-ring (bicyclic) bond motifs is 1. The summed E-state index contributed by atoms with van der Waals surface area (Å²) in [5, 5.41) is 10.4. The van der Waals surface area contributed by atoms with Gasteiger partial charge in [-0.05, 0) is 48.1 Å². The number of benzene rings is 2. The first kappa shape index (κ1) is 13.4. The van der Waals surface area contributed by atoms with Crippen LogP contribution in [0.3, 0.4) is 0 Å². The Morgan fingerprint density at radius 1 is 1.05 bits per heavy atom. The molecule has 0 bridgehead atoms. The second kappa shape index (κ2) is 5.15. The summed E-state index contributed by atoms with van der Waals surface area (Å²) in [5.74, 6) is 1.53. The highest BCUT2D eigenvalue weighted by Crippen LogP contribution is 2.44. The van der Waals surface area contributed by atoms with Gasteiger partial charge in [0.25, 0.3) is 0 Å². The minimum Gasteiger partial charge on any atom is -0.485 e. The fourth-order valence-electron chi connectivity index (χ4n) is 3.05. The maximum absolute atomic E-state index is 10.4. The molecule has 0 saturated heterocycles. The molecule has 0 amide bonds. The molecule has 2 aromatic rings. The van der Waals surface area contributed by atoms with E-state index in [1.54, 1.807) is 0 Å². The summed E-state index contributed by atoms with van der Waals surface area (Å²) < 4.78 is 7.09. The molecular weight excluding hydrogens is 328 g/mol. The van der Waals surface area contributed by atoms with Gasteiger partial charge in [0.2, 0.25) is 0 Å². The van der Waals surface area contributed by atoms with Gasteiger partial charge in [-0.25, -0.2) is 0 Å². The minimum absolute atomic E-state index is 0.0626. The topological polar surface area (TPSA) is 29.5 Å². The molecule has 3 heteroatoms. The second-order valence-electron chi connectivity index (χ2n) is 5.98. The number of aliphatic hydroxyl groups is 1. The van der Waals surface area contributed by atoms with Crippen molar-refractivity contribution in [3.63, 3.8) is 0 Å². The molecule has 0 radical (unpaired) electrons. The van der Waals surface area contributed by atoms with Crippen molar-refractivity contribution in [3.05, 3.63) is 63.6 Å². The van der Waals surface area contributed by atoms with Crippen LogP contribution in [0.4, 0.5) is 0 Å². The Hall–Kier alpha value is -1.32. The highest BCUT2D eigenvalue weighted by molar-refractivity contribution is 9.10. The fourth-order valence-corrected chi connectivity index (χ4v) is 3.43. The van der Waals surface area contributed by atoms with Gasteiger partial charge < -0.3 is 9.84 Å². The molecule has 2 aliphatic rings. The van der Waals surface area contributed by atoms with Gasteiger partial charge in [0.05, 0.1) is 6.10 Å². The number of hydrogen-bond donors (Lipinski definition) is 1. The van der Waals surface area contributed by atoms with Gasteiger partial charge in [-0.2, -0.15) is 0 Å². The van der Waals surface area contributed by atoms with E-state index in [1.165, 1.54) is 24.0 Å². The lowest BCUT2D eigenvalue weighted by atomic mass is 9.94. The molecule has 2 nitrogen and oxygen atoms in total. The van der Waals surface area contributed by atoms with Crippen LogP contribution in [0.2, 0.25) is 0 Å². The van der Waals surface area contributed by atoms with Crippen LogP contribution in [0.1, 0.15) is 54.1 Å². The van der Waals surface area contributed by atoms with E-state index in [0.717, 1.165) is 21.7 Å². The molecule has 0 aromatic heterocycles. The first-order chi connectivity index (χ1) is 10.2. The van der Waals surface area contributed by atoms with Gasteiger partial charge in [0.15, 0.2) is 0 Å². The van der Waals surface area contributed by atoms with Gasteiger partial charge in [-0.1, -0.05) is 40.2 Å². The van der Waals surface area contributed by atoms with E-state index < -0.39 is 6.10 Å². The van der Waals surface area contributed by atoms with Crippen molar-refractivity contribution in [2.24, 2.45) is 0 Å². The molecule has 4 rings (SSSR count). The third-order valence-corrected chi connectivity index (χ3v) is 4.86. The zero-order chi connectivity index (χ0) is 14.4. The summed E-state index contributed by atoms with van der Waals surface area (Å²) in [5.41, 5.74) is 3.46. The van der Waals surface area contributed by atoms with Crippen molar-refractivity contribution in [2.75, 3.05) is 0 Å². The lowest BCUT2D eigenvalue weighted by molar-refractivity contribution is 0.0656. The van der Waals surface area contributed by atoms with E-state index in [2.05, 4.69) is 40.2 Å². The van der Waals surface area contributed by atoms with E-state index in [-0.39, 0.29) is 6.10 Å². The fraction of sp³-hybridized carbons (Fsp3) is 0.333. The van der Waals surface area contributed by atoms with Gasteiger partial charge in [-0.15, -0.1) is 0 Å². The maximum Gasteiger partial charge on any atom is 0.127 e. The Morgan fingerprint density at radius 3 is 2.67 bits per heavy atom. The number of rotatable bonds is 2. The summed E-state index contributed by atoms with van der Waals surface area (Å²) in [7, 11) is 0. The van der Waals surface area contributed by atoms with E-state index in [0.29, 0.717) is 6.42 Å². The molecule has 1 aliphatic heterocycles. The van der Waals surface area contributed by atoms with Crippen LogP contribution in [0, 0.1) is 0 Å². The lowest BCUT2D eigenvalue weighted by Gasteiger charge is -2.30. The quantitative estimate of drug-likeness (QED) is 0.840. The Balaban J connectivity index is 1.65. The molecule has 0 spiro atoms. The van der Waals surface area contributed by atoms with Crippen molar-refractivity contribution < 1.29 is 9.84 Å². The predicted octanol–water partition coefficient (Wildman–Crippen LogP) is 4.88. The second-order valence-corrected chi connectivity index (χ2v) is 6.90. The van der Waals surface area contributed by atoms with Crippen molar-refractivity contribution in [1.82, 2.24) is 0 Å². The Morgan fingerprint density at radius 2 is 1.86 bits per heavy atom. The van der Waals surface area contributed by atoms with Crippen LogP contribution in [0.25, 0.3) is 0 Å². The number of aliphatic hydroxyl groups excluding tert-OH is 1. The van der Waals surface area contributed by atoms with Crippen molar-refractivity contribution in [2.45, 2.75) is 37.4 Å². The van der Waals surface area contributed by atoms with Crippen molar-refractivity contribution >= 4 is 15.9 Å². The number of halogens is 1. The summed E-state index contributed by atoms with van der Waals surface area (Å²) in [6.45, 7) is 0. The molecule has 2 atom stereocenters. The number of hydrogen-bond acceptors (Lipinski definition) is 2. The molecule has 1 unspecified atom stereocenters. The smallest absolute Gasteiger partial charge is 0.127 e. The van der Waals surface area contributed by atoms with Gasteiger partial charge in [-0.3, -0.25) is 0 Å². The normalized spacial score (nSPS) is 24.3. The van der Waals surface area contributed by atoms with Crippen LogP contribution < -0.4 is 4.74 Å². The zero-order valence-corrected chi connectivity index (χ0v) is 13.2. The molecule has 1 heterocycles. The van der Waals surface area contributed by atoms with Gasteiger partial charge >= 0.3 is 0 Å². The zero-order valence-electron chi connectivity index (χ0n) is 11.6. The van der Waals surface area contributed by atoms with Crippen LogP contribution in [0.5, 0.6) is 5.75 Å². The summed E-state index contributed by atoms with van der Waals surface area (Å²) in [6, 6.07) is 14.5. The average molecular weight is 345 g/mol. The van der Waals surface area contributed by atoms with Crippen LogP contribution in [-0.4, -0.2) is 5.11 Å². The first-order valence-electron chi connectivity index (χ1n) is 7.45. The average Bonchev–Trinajstić information content (AvgIpc) is 3.33. The van der Waals surface area contributed by atoms with E-state index >= 15 is 0 Å². The molecule has 1 N–H and O–H groups in total. The predicted molar refractivity (Wildman–Crippen MR) is 85.5 cm³/mol. The SMILES string of the molecule is O[C@H]1CC(c2cccc(C3CC3)c2)Oc2ccc(Br)cc21. The van der Waals surface area contributed by atoms with Gasteiger partial charge in [0, 0.05) is 16.5 Å². The summed E-state index contributed by atoms with van der Waals surface area (Å²) >= 11 is 3.44. The van der Waals surface area contributed by atoms with Gasteiger partial charge in [0.1, 0.15) is 11.9 Å². The minimum atomic E-state index is -0.471. The Labute approximate surface area is 132 Å².